The minimum absolute atomic E-state index is 0.254. The summed E-state index contributed by atoms with van der Waals surface area (Å²) in [4.78, 5) is 8.65. The molecule has 120 valence electrons. The maximum Gasteiger partial charge on any atom is 0.191 e. The van der Waals surface area contributed by atoms with Gasteiger partial charge < -0.3 is 10.6 Å². The molecule has 0 spiro atoms. The van der Waals surface area contributed by atoms with E-state index in [1.165, 1.54) is 24.8 Å². The molecule has 0 saturated heterocycles. The summed E-state index contributed by atoms with van der Waals surface area (Å²) in [6, 6.07) is 16.8. The average molecular weight is 308 g/mol. The highest BCUT2D eigenvalue weighted by atomic mass is 15.2. The molecular weight excluding hydrogens is 284 g/mol. The highest BCUT2D eigenvalue weighted by Crippen LogP contribution is 2.43. The lowest BCUT2D eigenvalue weighted by molar-refractivity contribution is 0.244. The molecule has 1 aromatic heterocycles. The molecule has 0 bridgehead atoms. The van der Waals surface area contributed by atoms with Crippen molar-refractivity contribution >= 4 is 5.96 Å². The molecule has 1 aliphatic carbocycles. The number of hydrogen-bond acceptors (Lipinski definition) is 2. The number of aromatic nitrogens is 1. The van der Waals surface area contributed by atoms with Crippen molar-refractivity contribution in [1.29, 1.82) is 0 Å². The van der Waals surface area contributed by atoms with Crippen molar-refractivity contribution in [2.24, 2.45) is 4.99 Å². The Hall–Kier alpha value is -2.36. The SMILES string of the molecule is CN=C(NCc1ccccn1)NCC1(c2ccccc2)CCC1. The fourth-order valence-electron chi connectivity index (χ4n) is 3.11. The molecule has 0 atom stereocenters. The predicted octanol–water partition coefficient (Wildman–Crippen LogP) is 2.87. The summed E-state index contributed by atoms with van der Waals surface area (Å²) < 4.78 is 0. The smallest absolute Gasteiger partial charge is 0.191 e. The van der Waals surface area contributed by atoms with E-state index in [4.69, 9.17) is 0 Å². The Morgan fingerprint density at radius 2 is 1.87 bits per heavy atom. The van der Waals surface area contributed by atoms with E-state index in [0.29, 0.717) is 6.54 Å². The first-order valence-corrected chi connectivity index (χ1v) is 8.22. The van der Waals surface area contributed by atoms with E-state index < -0.39 is 0 Å². The number of hydrogen-bond donors (Lipinski definition) is 2. The summed E-state index contributed by atoms with van der Waals surface area (Å²) in [6.45, 7) is 1.59. The van der Waals surface area contributed by atoms with Crippen LogP contribution in [0.1, 0.15) is 30.5 Å². The van der Waals surface area contributed by atoms with Gasteiger partial charge in [-0.25, -0.2) is 0 Å². The fraction of sp³-hybridized carbons (Fsp3) is 0.368. The topological polar surface area (TPSA) is 49.3 Å². The summed E-state index contributed by atoms with van der Waals surface area (Å²) in [5.74, 6) is 0.831. The van der Waals surface area contributed by atoms with Crippen molar-refractivity contribution in [2.45, 2.75) is 31.2 Å². The van der Waals surface area contributed by atoms with Gasteiger partial charge >= 0.3 is 0 Å². The maximum atomic E-state index is 4.32. The highest BCUT2D eigenvalue weighted by Gasteiger charge is 2.38. The largest absolute Gasteiger partial charge is 0.356 e. The highest BCUT2D eigenvalue weighted by molar-refractivity contribution is 5.79. The van der Waals surface area contributed by atoms with Crippen LogP contribution in [0.2, 0.25) is 0 Å². The molecule has 23 heavy (non-hydrogen) atoms. The molecule has 1 fully saturated rings. The lowest BCUT2D eigenvalue weighted by Crippen LogP contribution is -2.48. The Morgan fingerprint density at radius 1 is 1.09 bits per heavy atom. The molecule has 2 N–H and O–H groups in total. The van der Waals surface area contributed by atoms with E-state index in [1.54, 1.807) is 0 Å². The molecule has 0 amide bonds. The van der Waals surface area contributed by atoms with Gasteiger partial charge in [0.05, 0.1) is 12.2 Å². The third kappa shape index (κ3) is 3.70. The minimum atomic E-state index is 0.254. The molecule has 4 heteroatoms. The van der Waals surface area contributed by atoms with Crippen LogP contribution in [0.3, 0.4) is 0 Å². The quantitative estimate of drug-likeness (QED) is 0.659. The van der Waals surface area contributed by atoms with Gasteiger partial charge in [-0.3, -0.25) is 9.98 Å². The van der Waals surface area contributed by atoms with Crippen molar-refractivity contribution in [3.8, 4) is 0 Å². The molecule has 1 heterocycles. The van der Waals surface area contributed by atoms with Gasteiger partial charge in [0.25, 0.3) is 0 Å². The van der Waals surface area contributed by atoms with Gasteiger partial charge in [-0.1, -0.05) is 42.8 Å². The standard InChI is InChI=1S/C19H24N4/c1-20-18(22-14-17-10-5-6-13-21-17)23-15-19(11-7-12-19)16-8-3-2-4-9-16/h2-6,8-10,13H,7,11-12,14-15H2,1H3,(H2,20,22,23). The van der Waals surface area contributed by atoms with Gasteiger partial charge in [-0.2, -0.15) is 0 Å². The van der Waals surface area contributed by atoms with Gasteiger partial charge in [-0.15, -0.1) is 0 Å². The summed E-state index contributed by atoms with van der Waals surface area (Å²) in [6.07, 6.45) is 5.59. The summed E-state index contributed by atoms with van der Waals surface area (Å²) in [5.41, 5.74) is 2.69. The van der Waals surface area contributed by atoms with Crippen molar-refractivity contribution in [2.75, 3.05) is 13.6 Å². The lowest BCUT2D eigenvalue weighted by atomic mass is 9.64. The molecule has 0 radical (unpaired) electrons. The third-order valence-corrected chi connectivity index (χ3v) is 4.68. The van der Waals surface area contributed by atoms with Gasteiger partial charge in [0.15, 0.2) is 5.96 Å². The molecule has 1 aliphatic rings. The van der Waals surface area contributed by atoms with Gasteiger partial charge in [0.2, 0.25) is 0 Å². The number of nitrogens with zero attached hydrogens (tertiary/aromatic N) is 2. The first kappa shape index (κ1) is 15.5. The molecule has 2 aromatic rings. The normalized spacial score (nSPS) is 16.5. The van der Waals surface area contributed by atoms with Gasteiger partial charge in [0, 0.05) is 25.2 Å². The maximum absolute atomic E-state index is 4.32. The molecule has 1 aromatic carbocycles. The molecule has 0 unspecified atom stereocenters. The van der Waals surface area contributed by atoms with Crippen molar-refractivity contribution in [3.63, 3.8) is 0 Å². The second kappa shape index (κ2) is 7.27. The number of rotatable bonds is 5. The van der Waals surface area contributed by atoms with E-state index in [0.717, 1.165) is 18.2 Å². The monoisotopic (exact) mass is 308 g/mol. The first-order chi connectivity index (χ1) is 11.3. The Balaban J connectivity index is 1.57. The van der Waals surface area contributed by atoms with Crippen LogP contribution in [0, 0.1) is 0 Å². The minimum Gasteiger partial charge on any atom is -0.356 e. The number of aliphatic imine (C=N–C) groups is 1. The Morgan fingerprint density at radius 3 is 2.48 bits per heavy atom. The second-order valence-corrected chi connectivity index (χ2v) is 6.10. The van der Waals surface area contributed by atoms with E-state index in [-0.39, 0.29) is 5.41 Å². The Bertz CT molecular complexity index is 633. The fourth-order valence-corrected chi connectivity index (χ4v) is 3.11. The number of guanidine groups is 1. The van der Waals surface area contributed by atoms with Crippen molar-refractivity contribution in [1.82, 2.24) is 15.6 Å². The number of benzene rings is 1. The van der Waals surface area contributed by atoms with E-state index in [2.05, 4.69) is 50.9 Å². The predicted molar refractivity (Wildman–Crippen MR) is 94.4 cm³/mol. The van der Waals surface area contributed by atoms with Crippen LogP contribution in [0.25, 0.3) is 0 Å². The number of nitrogens with one attached hydrogen (secondary N) is 2. The van der Waals surface area contributed by atoms with E-state index >= 15 is 0 Å². The summed E-state index contributed by atoms with van der Waals surface area (Å²) in [7, 11) is 1.81. The van der Waals surface area contributed by atoms with Crippen molar-refractivity contribution < 1.29 is 0 Å². The van der Waals surface area contributed by atoms with Crippen molar-refractivity contribution in [3.05, 3.63) is 66.0 Å². The van der Waals surface area contributed by atoms with Gasteiger partial charge in [-0.05, 0) is 30.5 Å². The Kier molecular flexibility index (Phi) is 4.91. The van der Waals surface area contributed by atoms with Crippen LogP contribution in [0.15, 0.2) is 59.7 Å². The first-order valence-electron chi connectivity index (χ1n) is 8.22. The molecule has 0 aliphatic heterocycles. The second-order valence-electron chi connectivity index (χ2n) is 6.10. The zero-order valence-electron chi connectivity index (χ0n) is 13.6. The third-order valence-electron chi connectivity index (χ3n) is 4.68. The average Bonchev–Trinajstić information content (AvgIpc) is 2.58. The zero-order chi connectivity index (χ0) is 16.0. The number of pyridine rings is 1. The molecular formula is C19H24N4. The van der Waals surface area contributed by atoms with Crippen LogP contribution < -0.4 is 10.6 Å². The van der Waals surface area contributed by atoms with Crippen LogP contribution in [0.4, 0.5) is 0 Å². The van der Waals surface area contributed by atoms with Crippen LogP contribution in [0.5, 0.6) is 0 Å². The lowest BCUT2D eigenvalue weighted by Gasteiger charge is -2.43. The van der Waals surface area contributed by atoms with Crippen LogP contribution in [-0.2, 0) is 12.0 Å². The zero-order valence-corrected chi connectivity index (χ0v) is 13.6. The van der Waals surface area contributed by atoms with Crippen LogP contribution >= 0.6 is 0 Å². The van der Waals surface area contributed by atoms with E-state index in [9.17, 15) is 0 Å². The molecule has 4 nitrogen and oxygen atoms in total. The summed E-state index contributed by atoms with van der Waals surface area (Å²) in [5, 5.41) is 6.83. The Labute approximate surface area is 138 Å². The molecule has 3 rings (SSSR count). The van der Waals surface area contributed by atoms with Gasteiger partial charge in [0.1, 0.15) is 0 Å². The molecule has 1 saturated carbocycles. The van der Waals surface area contributed by atoms with E-state index in [1.807, 2.05) is 31.4 Å². The summed E-state index contributed by atoms with van der Waals surface area (Å²) >= 11 is 0. The van der Waals surface area contributed by atoms with Crippen LogP contribution in [-0.4, -0.2) is 24.5 Å².